The smallest absolute Gasteiger partial charge is 0.410 e. The van der Waals surface area contributed by atoms with Crippen molar-refractivity contribution in [2.75, 3.05) is 25.0 Å². The molecule has 1 fully saturated rings. The molecule has 0 aliphatic carbocycles. The molecular weight excluding hydrogens is 322 g/mol. The summed E-state index contributed by atoms with van der Waals surface area (Å²) in [6.07, 6.45) is 2.08. The molecule has 1 aliphatic rings. The summed E-state index contributed by atoms with van der Waals surface area (Å²) in [5, 5.41) is 10.6. The highest BCUT2D eigenvalue weighted by Crippen LogP contribution is 2.31. The van der Waals surface area contributed by atoms with E-state index in [1.165, 1.54) is 0 Å². The molecular formula is C17H25N5O3. The minimum absolute atomic E-state index is 0.182. The minimum atomic E-state index is -1.13. The molecule has 2 aromatic rings. The number of carbonyl (C=O) groups is 1. The van der Waals surface area contributed by atoms with Gasteiger partial charge in [-0.15, -0.1) is 0 Å². The van der Waals surface area contributed by atoms with Crippen LogP contribution in [0, 0.1) is 0 Å². The second-order valence-electron chi connectivity index (χ2n) is 7.39. The number of hydrogen-bond donors (Lipinski definition) is 3. The number of aliphatic hydroxyl groups is 1. The second kappa shape index (κ2) is 6.20. The van der Waals surface area contributed by atoms with Crippen LogP contribution in [0.3, 0.4) is 0 Å². The Kier molecular flexibility index (Phi) is 4.34. The molecule has 4 N–H and O–H groups in total. The molecule has 1 saturated heterocycles. The van der Waals surface area contributed by atoms with E-state index in [0.29, 0.717) is 18.8 Å². The summed E-state index contributed by atoms with van der Waals surface area (Å²) >= 11 is 0. The standard InChI is InChI=1S/C17H25N5O3/c1-17(2,3)25-16(24)22-8-10(9-22)21(4)12-7-20-14(15(18)23)13-11(12)5-6-19-13/h5-7,10,15,19,23H,8-9,18H2,1-4H3. The third-order valence-corrected chi connectivity index (χ3v) is 4.33. The number of pyridine rings is 1. The van der Waals surface area contributed by atoms with E-state index in [9.17, 15) is 9.90 Å². The van der Waals surface area contributed by atoms with E-state index in [1.54, 1.807) is 17.3 Å². The number of nitrogens with one attached hydrogen (secondary N) is 1. The largest absolute Gasteiger partial charge is 0.444 e. The third kappa shape index (κ3) is 3.40. The van der Waals surface area contributed by atoms with Gasteiger partial charge < -0.3 is 30.4 Å². The SMILES string of the molecule is CN(c1cnc(C(N)O)c2[nH]ccc12)C1CN(C(=O)OC(C)(C)C)C1. The molecule has 0 aromatic carbocycles. The molecule has 1 aliphatic heterocycles. The molecule has 8 heteroatoms. The molecule has 8 nitrogen and oxygen atoms in total. The molecule has 3 heterocycles. The Morgan fingerprint density at radius 2 is 2.20 bits per heavy atom. The molecule has 25 heavy (non-hydrogen) atoms. The fraction of sp³-hybridized carbons (Fsp3) is 0.529. The summed E-state index contributed by atoms with van der Waals surface area (Å²) in [5.41, 5.74) is 7.14. The Bertz CT molecular complexity index is 774. The highest BCUT2D eigenvalue weighted by molar-refractivity contribution is 5.93. The molecule has 1 unspecified atom stereocenters. The van der Waals surface area contributed by atoms with Crippen molar-refractivity contribution in [2.24, 2.45) is 5.73 Å². The van der Waals surface area contributed by atoms with Crippen LogP contribution >= 0.6 is 0 Å². The number of hydrogen-bond acceptors (Lipinski definition) is 6. The normalized spacial score (nSPS) is 16.6. The Labute approximate surface area is 146 Å². The zero-order chi connectivity index (χ0) is 18.4. The van der Waals surface area contributed by atoms with E-state index in [4.69, 9.17) is 10.5 Å². The van der Waals surface area contributed by atoms with Crippen LogP contribution in [0.25, 0.3) is 10.9 Å². The number of amides is 1. The quantitative estimate of drug-likeness (QED) is 0.728. The molecule has 0 spiro atoms. The lowest BCUT2D eigenvalue weighted by Gasteiger charge is -2.44. The Morgan fingerprint density at radius 1 is 1.52 bits per heavy atom. The van der Waals surface area contributed by atoms with Gasteiger partial charge in [-0.25, -0.2) is 4.79 Å². The van der Waals surface area contributed by atoms with Gasteiger partial charge in [0.2, 0.25) is 0 Å². The molecule has 0 bridgehead atoms. The van der Waals surface area contributed by atoms with Crippen LogP contribution in [-0.4, -0.2) is 57.8 Å². The molecule has 1 amide bonds. The number of H-pyrrole nitrogens is 1. The summed E-state index contributed by atoms with van der Waals surface area (Å²) in [6.45, 7) is 6.76. The van der Waals surface area contributed by atoms with Crippen molar-refractivity contribution in [3.8, 4) is 0 Å². The van der Waals surface area contributed by atoms with Gasteiger partial charge in [0, 0.05) is 31.7 Å². The van der Waals surface area contributed by atoms with Crippen LogP contribution < -0.4 is 10.6 Å². The van der Waals surface area contributed by atoms with E-state index in [1.807, 2.05) is 33.9 Å². The Morgan fingerprint density at radius 3 is 2.80 bits per heavy atom. The number of anilines is 1. The zero-order valence-electron chi connectivity index (χ0n) is 15.0. The summed E-state index contributed by atoms with van der Waals surface area (Å²) in [5.74, 6) is 0. The summed E-state index contributed by atoms with van der Waals surface area (Å²) in [4.78, 5) is 23.2. The number of rotatable bonds is 3. The molecule has 0 radical (unpaired) electrons. The van der Waals surface area contributed by atoms with Crippen molar-refractivity contribution in [3.05, 3.63) is 24.2 Å². The highest BCUT2D eigenvalue weighted by atomic mass is 16.6. The summed E-state index contributed by atoms with van der Waals surface area (Å²) in [6, 6.07) is 2.11. The van der Waals surface area contributed by atoms with Crippen LogP contribution in [-0.2, 0) is 4.74 Å². The van der Waals surface area contributed by atoms with Gasteiger partial charge in [0.05, 0.1) is 23.4 Å². The van der Waals surface area contributed by atoms with Crippen LogP contribution in [0.15, 0.2) is 18.5 Å². The Hall–Kier alpha value is -2.32. The van der Waals surface area contributed by atoms with Gasteiger partial charge in [0.25, 0.3) is 0 Å². The number of aliphatic hydroxyl groups excluding tert-OH is 1. The lowest BCUT2D eigenvalue weighted by molar-refractivity contribution is 0.00853. The van der Waals surface area contributed by atoms with Gasteiger partial charge in [-0.2, -0.15) is 0 Å². The van der Waals surface area contributed by atoms with Crippen LogP contribution in [0.2, 0.25) is 0 Å². The third-order valence-electron chi connectivity index (χ3n) is 4.33. The van der Waals surface area contributed by atoms with Gasteiger partial charge in [-0.05, 0) is 26.8 Å². The van der Waals surface area contributed by atoms with Crippen molar-refractivity contribution >= 4 is 22.7 Å². The predicted molar refractivity (Wildman–Crippen MR) is 95.2 cm³/mol. The van der Waals surface area contributed by atoms with E-state index in [0.717, 1.165) is 16.6 Å². The average Bonchev–Trinajstić information content (AvgIpc) is 2.91. The maximum atomic E-state index is 12.1. The topological polar surface area (TPSA) is 108 Å². The van der Waals surface area contributed by atoms with E-state index in [2.05, 4.69) is 14.9 Å². The fourth-order valence-corrected chi connectivity index (χ4v) is 2.94. The molecule has 3 rings (SSSR count). The lowest BCUT2D eigenvalue weighted by atomic mass is 10.1. The van der Waals surface area contributed by atoms with E-state index >= 15 is 0 Å². The zero-order valence-corrected chi connectivity index (χ0v) is 15.0. The highest BCUT2D eigenvalue weighted by Gasteiger charge is 2.36. The monoisotopic (exact) mass is 347 g/mol. The second-order valence-corrected chi connectivity index (χ2v) is 7.39. The molecule has 2 aromatic heterocycles. The maximum absolute atomic E-state index is 12.1. The lowest BCUT2D eigenvalue weighted by Crippen LogP contribution is -2.61. The molecule has 0 saturated carbocycles. The number of likely N-dealkylation sites (tertiary alicyclic amines) is 1. The van der Waals surface area contributed by atoms with Crippen molar-refractivity contribution in [2.45, 2.75) is 38.6 Å². The maximum Gasteiger partial charge on any atom is 0.410 e. The van der Waals surface area contributed by atoms with Gasteiger partial charge in [-0.1, -0.05) is 0 Å². The first-order valence-electron chi connectivity index (χ1n) is 8.28. The number of nitrogens with two attached hydrogens (primary N) is 1. The van der Waals surface area contributed by atoms with Gasteiger partial charge in [0.15, 0.2) is 0 Å². The van der Waals surface area contributed by atoms with Crippen molar-refractivity contribution < 1.29 is 14.6 Å². The number of aromatic nitrogens is 2. The number of aromatic amines is 1. The van der Waals surface area contributed by atoms with E-state index in [-0.39, 0.29) is 12.1 Å². The van der Waals surface area contributed by atoms with Crippen molar-refractivity contribution in [3.63, 3.8) is 0 Å². The number of likely N-dealkylation sites (N-methyl/N-ethyl adjacent to an activating group) is 1. The first kappa shape index (κ1) is 17.5. The fourth-order valence-electron chi connectivity index (χ4n) is 2.94. The van der Waals surface area contributed by atoms with Crippen molar-refractivity contribution in [1.29, 1.82) is 0 Å². The summed E-state index contributed by atoms with van der Waals surface area (Å²) in [7, 11) is 1.97. The Balaban J connectivity index is 1.72. The number of ether oxygens (including phenoxy) is 1. The first-order chi connectivity index (χ1) is 11.7. The van der Waals surface area contributed by atoms with Gasteiger partial charge >= 0.3 is 6.09 Å². The summed E-state index contributed by atoms with van der Waals surface area (Å²) < 4.78 is 5.38. The van der Waals surface area contributed by atoms with Crippen LogP contribution in [0.1, 0.15) is 32.7 Å². The van der Waals surface area contributed by atoms with Crippen LogP contribution in [0.4, 0.5) is 10.5 Å². The number of nitrogens with zero attached hydrogens (tertiary/aromatic N) is 3. The first-order valence-corrected chi connectivity index (χ1v) is 8.28. The predicted octanol–water partition coefficient (Wildman–Crippen LogP) is 1.57. The van der Waals surface area contributed by atoms with Crippen molar-refractivity contribution in [1.82, 2.24) is 14.9 Å². The minimum Gasteiger partial charge on any atom is -0.444 e. The number of fused-ring (bicyclic) bond motifs is 1. The van der Waals surface area contributed by atoms with Gasteiger partial charge in [0.1, 0.15) is 17.5 Å². The molecule has 136 valence electrons. The van der Waals surface area contributed by atoms with E-state index < -0.39 is 11.8 Å². The molecule has 1 atom stereocenters. The average molecular weight is 347 g/mol. The van der Waals surface area contributed by atoms with Gasteiger partial charge in [-0.3, -0.25) is 4.98 Å². The number of carbonyl (C=O) groups excluding carboxylic acids is 1. The van der Waals surface area contributed by atoms with Crippen LogP contribution in [0.5, 0.6) is 0 Å².